The second kappa shape index (κ2) is 22.1. The van der Waals surface area contributed by atoms with E-state index in [9.17, 15) is 115 Å². The quantitative estimate of drug-likeness (QED) is 0.0747. The maximum Gasteiger partial charge on any atom is 0.416 e. The van der Waals surface area contributed by atoms with E-state index >= 15 is 0 Å². The molecule has 430 valence electrons. The normalized spacial score (nSPS) is 13.8. The first kappa shape index (κ1) is 62.6. The van der Waals surface area contributed by atoms with Crippen molar-refractivity contribution < 1.29 is 115 Å². The van der Waals surface area contributed by atoms with Crippen LogP contribution in [0, 0.1) is 11.2 Å². The molecule has 1 unspecified atom stereocenters. The number of halogens is 24. The minimum atomic E-state index is -6.13. The summed E-state index contributed by atoms with van der Waals surface area (Å²) in [6, 6.07) is 16.8. The van der Waals surface area contributed by atoms with Gasteiger partial charge < -0.3 is 5.11 Å². The van der Waals surface area contributed by atoms with Gasteiger partial charge in [0.2, 0.25) is 0 Å². The molecule has 0 aliphatic rings. The molecule has 81 heavy (non-hydrogen) atoms. The fraction of sp³-hybridized carbons (Fsp3) is 0.170. The molecule has 0 spiro atoms. The summed E-state index contributed by atoms with van der Waals surface area (Å²) >= 11 is 0. The lowest BCUT2D eigenvalue weighted by Gasteiger charge is -2.46. The molecule has 0 saturated carbocycles. The monoisotopic (exact) mass is 1200 g/mol. The van der Waals surface area contributed by atoms with Gasteiger partial charge in [-0.3, -0.25) is 0 Å². The molecule has 1 atom stereocenters. The third-order valence-electron chi connectivity index (χ3n) is 12.0. The largest absolute Gasteiger partial charge is 0.508 e. The first-order chi connectivity index (χ1) is 36.9. The lowest BCUT2D eigenvalue weighted by molar-refractivity contribution is -0.144. The third-order valence-corrected chi connectivity index (χ3v) is 14.2. The smallest absolute Gasteiger partial charge is 0.416 e. The van der Waals surface area contributed by atoms with Crippen LogP contribution in [-0.4, -0.2) is 11.3 Å². The van der Waals surface area contributed by atoms with Gasteiger partial charge in [-0.1, -0.05) is 101 Å². The van der Waals surface area contributed by atoms with Gasteiger partial charge in [0.15, 0.2) is 25.8 Å². The number of hydrogen-bond acceptors (Lipinski definition) is 2. The van der Waals surface area contributed by atoms with E-state index in [-0.39, 0.29) is 5.75 Å². The van der Waals surface area contributed by atoms with Crippen molar-refractivity contribution in [1.82, 2.24) is 0 Å². The zero-order chi connectivity index (χ0) is 60.7. The molecule has 0 aliphatic heterocycles. The summed E-state index contributed by atoms with van der Waals surface area (Å²) in [6.07, 6.45) is -54.8. The molecule has 0 aromatic heterocycles. The van der Waals surface area contributed by atoms with Gasteiger partial charge in [0.05, 0.1) is 44.5 Å². The number of phenolic OH excluding ortho intramolecular Hbond substituents is 1. The standard InChI is InChI=1S/C32H12BF24.C21H16O2S/c34-25(35,36)13-1-14(26(37,38)39)6-21(5-13)33(22-7-15(27(40,41)42)2-16(8-22)28(43,44)45,23-9-17(29(46,47)48)3-18(10-23)30(49,50)51)24-11-19(31(52,53)54)4-20(12-24)32(55,56)57;22-20-13-11-19(12-14-20)17-24(23,21-9-5-2-6-10-21)16-15-18-7-3-1-4-8-18/h1-12H;1-14H,17H2/q-1;/p+1. The van der Waals surface area contributed by atoms with Crippen LogP contribution in [0.4, 0.5) is 105 Å². The molecule has 1 N–H and O–H groups in total. The van der Waals surface area contributed by atoms with E-state index in [2.05, 4.69) is 11.2 Å². The van der Waals surface area contributed by atoms with Crippen molar-refractivity contribution >= 4 is 37.9 Å². The van der Waals surface area contributed by atoms with Gasteiger partial charge in [0.1, 0.15) is 11.9 Å². The van der Waals surface area contributed by atoms with Crippen LogP contribution >= 0.6 is 0 Å². The molecule has 0 saturated heterocycles. The number of alkyl halides is 24. The molecule has 28 heteroatoms. The van der Waals surface area contributed by atoms with Crippen molar-refractivity contribution in [3.63, 3.8) is 0 Å². The lowest BCUT2D eigenvalue weighted by Crippen LogP contribution is -2.75. The maximum absolute atomic E-state index is 14.2. The molecule has 7 aromatic carbocycles. The van der Waals surface area contributed by atoms with E-state index in [1.807, 2.05) is 60.7 Å². The van der Waals surface area contributed by atoms with Gasteiger partial charge in [0.25, 0.3) is 0 Å². The fourth-order valence-electron chi connectivity index (χ4n) is 8.38. The highest BCUT2D eigenvalue weighted by Crippen LogP contribution is 2.42. The van der Waals surface area contributed by atoms with Crippen LogP contribution in [0.25, 0.3) is 0 Å². The summed E-state index contributed by atoms with van der Waals surface area (Å²) < 4.78 is 354. The van der Waals surface area contributed by atoms with Gasteiger partial charge in [-0.25, -0.2) is 0 Å². The Balaban J connectivity index is 0.000000363. The van der Waals surface area contributed by atoms with Gasteiger partial charge in [0, 0.05) is 11.1 Å². The Bertz CT molecular complexity index is 3050. The van der Waals surface area contributed by atoms with Crippen molar-refractivity contribution in [2.24, 2.45) is 0 Å². The van der Waals surface area contributed by atoms with Gasteiger partial charge in [-0.15, -0.1) is 0 Å². The molecule has 0 heterocycles. The lowest BCUT2D eigenvalue weighted by atomic mass is 9.12. The van der Waals surface area contributed by atoms with Crippen LogP contribution in [0.15, 0.2) is 163 Å². The number of phenols is 1. The number of benzene rings is 7. The summed E-state index contributed by atoms with van der Waals surface area (Å²) in [5.41, 5.74) is -28.5. The van der Waals surface area contributed by atoms with Crippen LogP contribution in [0.2, 0.25) is 0 Å². The van der Waals surface area contributed by atoms with Crippen LogP contribution in [0.3, 0.4) is 0 Å². The molecular formula is C53H29BF24O2S. The van der Waals surface area contributed by atoms with E-state index in [0.717, 1.165) is 16.0 Å². The van der Waals surface area contributed by atoms with E-state index in [1.165, 1.54) is 0 Å². The number of aromatic hydroxyl groups is 1. The van der Waals surface area contributed by atoms with Crippen molar-refractivity contribution in [2.75, 3.05) is 0 Å². The van der Waals surface area contributed by atoms with E-state index in [0.29, 0.717) is 5.75 Å². The molecule has 7 aromatic rings. The minimum Gasteiger partial charge on any atom is -0.508 e. The number of rotatable bonds is 7. The summed E-state index contributed by atoms with van der Waals surface area (Å²) in [6.45, 7) is 0. The molecule has 2 nitrogen and oxygen atoms in total. The van der Waals surface area contributed by atoms with E-state index in [4.69, 9.17) is 0 Å². The van der Waals surface area contributed by atoms with Crippen LogP contribution < -0.4 is 21.9 Å². The van der Waals surface area contributed by atoms with Crippen molar-refractivity contribution in [3.05, 3.63) is 213 Å². The molecule has 7 rings (SSSR count). The molecule has 0 fully saturated rings. The Labute approximate surface area is 442 Å². The predicted molar refractivity (Wildman–Crippen MR) is 248 cm³/mol. The topological polar surface area (TPSA) is 37.3 Å². The van der Waals surface area contributed by atoms with Gasteiger partial charge in [-0.2, -0.15) is 127 Å². The predicted octanol–water partition coefficient (Wildman–Crippen LogP) is 15.7. The summed E-state index contributed by atoms with van der Waals surface area (Å²) in [7, 11) is -2.57. The second-order valence-electron chi connectivity index (χ2n) is 17.6. The summed E-state index contributed by atoms with van der Waals surface area (Å²) in [5.74, 6) is 3.55. The van der Waals surface area contributed by atoms with Gasteiger partial charge in [-0.05, 0) is 66.6 Å². The highest BCUT2D eigenvalue weighted by molar-refractivity contribution is 8.06. The average molecular weight is 1200 g/mol. The molecule has 0 radical (unpaired) electrons. The molecular weight excluding hydrogens is 1170 g/mol. The Morgan fingerprint density at radius 1 is 0.346 bits per heavy atom. The first-order valence-corrected chi connectivity index (χ1v) is 23.9. The summed E-state index contributed by atoms with van der Waals surface area (Å²) in [4.78, 5) is 0.724. The number of hydrogen-bond donors (Lipinski definition) is 1. The Morgan fingerprint density at radius 3 is 0.840 bits per heavy atom. The maximum atomic E-state index is 14.2. The third kappa shape index (κ3) is 14.9. The highest BCUT2D eigenvalue weighted by Gasteiger charge is 2.47. The second-order valence-corrected chi connectivity index (χ2v) is 19.9. The van der Waals surface area contributed by atoms with E-state index < -0.39 is 205 Å². The average Bonchev–Trinajstić information content (AvgIpc) is 3.09. The Kier molecular flexibility index (Phi) is 17.1. The minimum absolute atomic E-state index is 0.195. The van der Waals surface area contributed by atoms with Crippen LogP contribution in [0.1, 0.15) is 55.6 Å². The van der Waals surface area contributed by atoms with Crippen molar-refractivity contribution in [1.29, 1.82) is 0 Å². The zero-order valence-corrected chi connectivity index (χ0v) is 40.4. The fourth-order valence-corrected chi connectivity index (χ4v) is 10.3. The Morgan fingerprint density at radius 2 is 0.593 bits per heavy atom. The highest BCUT2D eigenvalue weighted by atomic mass is 32.2. The van der Waals surface area contributed by atoms with Crippen molar-refractivity contribution in [2.45, 2.75) is 60.1 Å². The zero-order valence-electron chi connectivity index (χ0n) is 39.6. The molecule has 0 amide bonds. The Hall–Kier alpha value is -7.57. The van der Waals surface area contributed by atoms with Gasteiger partial charge >= 0.3 is 49.4 Å². The van der Waals surface area contributed by atoms with E-state index in [1.54, 1.807) is 24.3 Å². The van der Waals surface area contributed by atoms with Crippen LogP contribution in [0.5, 0.6) is 5.75 Å². The van der Waals surface area contributed by atoms with Crippen LogP contribution in [-0.2, 0) is 69.3 Å². The first-order valence-electron chi connectivity index (χ1n) is 22.2. The molecule has 0 bridgehead atoms. The van der Waals surface area contributed by atoms with Crippen molar-refractivity contribution in [3.8, 4) is 16.9 Å². The SMILES string of the molecule is FC(F)(F)c1cc([B-](c2cc(C(F)(F)F)cc(C(F)(F)F)c2)(c2cc(C(F)(F)F)cc(C(F)(F)F)c2)c2cc(C(F)(F)F)cc(C(F)(F)F)c2)cc(C(F)(F)F)c1.O=[S+](C#Cc1ccccc1)(Cc1ccc(O)cc1)c1ccccc1. The molecule has 0 aliphatic carbocycles. The summed E-state index contributed by atoms with van der Waals surface area (Å²) in [5, 5.41) is 12.4.